The lowest BCUT2D eigenvalue weighted by molar-refractivity contribution is -0.137. The van der Waals surface area contributed by atoms with Crippen LogP contribution in [0.25, 0.3) is 11.4 Å². The molecule has 0 aliphatic carbocycles. The average Bonchev–Trinajstić information content (AvgIpc) is 4.05. The Labute approximate surface area is 431 Å². The van der Waals surface area contributed by atoms with Crippen molar-refractivity contribution in [2.24, 2.45) is 0 Å². The zero-order valence-electron chi connectivity index (χ0n) is 42.4. The number of carbonyl (C=O) groups excluding carboxylic acids is 5. The maximum absolute atomic E-state index is 13.6. The Morgan fingerprint density at radius 1 is 0.824 bits per heavy atom. The van der Waals surface area contributed by atoms with Gasteiger partial charge in [-0.3, -0.25) is 39.4 Å². The molecule has 1 unspecified atom stereocenters. The molecular formula is C55H68N10O9. The van der Waals surface area contributed by atoms with Crippen LogP contribution in [0.3, 0.4) is 0 Å². The van der Waals surface area contributed by atoms with E-state index in [1.807, 2.05) is 67.6 Å². The lowest BCUT2D eigenvalue weighted by Crippen LogP contribution is -2.52. The molecule has 5 aromatic rings. The number of rotatable bonds is 27. The summed E-state index contributed by atoms with van der Waals surface area (Å²) >= 11 is 0. The first kappa shape index (κ1) is 53.2. The van der Waals surface area contributed by atoms with Gasteiger partial charge in [-0.2, -0.15) is 5.10 Å². The van der Waals surface area contributed by atoms with Gasteiger partial charge >= 0.3 is 0 Å². The summed E-state index contributed by atoms with van der Waals surface area (Å²) in [7, 11) is 2.12. The number of H-pyrrole nitrogens is 1. The molecule has 5 heterocycles. The van der Waals surface area contributed by atoms with E-state index in [0.29, 0.717) is 80.9 Å². The first-order valence-corrected chi connectivity index (χ1v) is 25.8. The SMILES string of the molecule is C[C@@H](NC(=O)c1cccc(NC2(c3nc(-c4ccncc4)n[nH]3)CCN(C)CC2)c1)c1cccc(OCCCCCCOCCOCCOCCCC(=O)Nc2cccc3c2CN(C2CCC(=O)NC2=O)C3=O)c1. The molecule has 2 aromatic heterocycles. The Kier molecular flexibility index (Phi) is 18.9. The first-order chi connectivity index (χ1) is 36.0. The molecule has 3 aromatic carbocycles. The smallest absolute Gasteiger partial charge is 0.255 e. The second-order valence-electron chi connectivity index (χ2n) is 19.1. The fraction of sp³-hybridized carbons (Fsp3) is 0.455. The van der Waals surface area contributed by atoms with Crippen molar-refractivity contribution in [3.05, 3.63) is 119 Å². The van der Waals surface area contributed by atoms with E-state index in [1.54, 1.807) is 30.6 Å². The topological polar surface area (TPSA) is 231 Å². The summed E-state index contributed by atoms with van der Waals surface area (Å²) in [6, 6.07) is 23.4. The van der Waals surface area contributed by atoms with Gasteiger partial charge < -0.3 is 44.7 Å². The molecule has 0 bridgehead atoms. The van der Waals surface area contributed by atoms with Crippen molar-refractivity contribution >= 4 is 40.9 Å². The minimum absolute atomic E-state index is 0.167. The third-order valence-corrected chi connectivity index (χ3v) is 13.7. The van der Waals surface area contributed by atoms with Crippen LogP contribution < -0.4 is 26.0 Å². The molecule has 19 nitrogen and oxygen atoms in total. The van der Waals surface area contributed by atoms with Crippen LogP contribution in [0.2, 0.25) is 0 Å². The fourth-order valence-electron chi connectivity index (χ4n) is 9.42. The summed E-state index contributed by atoms with van der Waals surface area (Å²) < 4.78 is 23.1. The van der Waals surface area contributed by atoms with Gasteiger partial charge in [0, 0.05) is 91.7 Å². The molecule has 0 saturated carbocycles. The summed E-state index contributed by atoms with van der Waals surface area (Å²) in [5.41, 5.74) is 4.41. The maximum atomic E-state index is 13.6. The molecule has 0 spiro atoms. The molecule has 2 atom stereocenters. The van der Waals surface area contributed by atoms with Gasteiger partial charge in [-0.05, 0) is 119 Å². The predicted octanol–water partition coefficient (Wildman–Crippen LogP) is 6.56. The van der Waals surface area contributed by atoms with Crippen LogP contribution in [0.1, 0.15) is 115 Å². The minimum atomic E-state index is -0.717. The van der Waals surface area contributed by atoms with E-state index in [0.717, 1.165) is 80.0 Å². The molecule has 3 aliphatic heterocycles. The highest BCUT2D eigenvalue weighted by atomic mass is 16.5. The monoisotopic (exact) mass is 1010 g/mol. The number of hydrogen-bond acceptors (Lipinski definition) is 14. The summed E-state index contributed by atoms with van der Waals surface area (Å²) in [4.78, 5) is 76.2. The number of amides is 5. The Morgan fingerprint density at radius 2 is 1.54 bits per heavy atom. The second kappa shape index (κ2) is 26.2. The number of anilines is 2. The highest BCUT2D eigenvalue weighted by molar-refractivity contribution is 6.06. The summed E-state index contributed by atoms with van der Waals surface area (Å²) in [6.07, 6.45) is 10.2. The Balaban J connectivity index is 0.645. The number of nitrogens with zero attached hydrogens (tertiary/aromatic N) is 5. The molecule has 5 amide bonds. The number of aromatic amines is 1. The molecule has 5 N–H and O–H groups in total. The zero-order valence-corrected chi connectivity index (χ0v) is 42.4. The number of hydrogen-bond donors (Lipinski definition) is 5. The number of ether oxygens (including phenoxy) is 4. The normalized spacial score (nSPS) is 16.9. The molecule has 3 aliphatic rings. The summed E-state index contributed by atoms with van der Waals surface area (Å²) in [6.45, 7) is 7.38. The van der Waals surface area contributed by atoms with Gasteiger partial charge in [0.1, 0.15) is 11.8 Å². The highest BCUT2D eigenvalue weighted by Crippen LogP contribution is 2.36. The molecule has 0 radical (unpaired) electrons. The van der Waals surface area contributed by atoms with Crippen LogP contribution in [0.5, 0.6) is 5.75 Å². The third kappa shape index (κ3) is 14.4. The number of fused-ring (bicyclic) bond motifs is 1. The number of piperidine rings is 2. The van der Waals surface area contributed by atoms with E-state index in [4.69, 9.17) is 23.9 Å². The van der Waals surface area contributed by atoms with Crippen molar-refractivity contribution < 1.29 is 42.9 Å². The van der Waals surface area contributed by atoms with Gasteiger partial charge in [-0.15, -0.1) is 0 Å². The van der Waals surface area contributed by atoms with Gasteiger partial charge in [0.05, 0.1) is 44.6 Å². The number of aromatic nitrogens is 4. The molecule has 8 rings (SSSR count). The van der Waals surface area contributed by atoms with Crippen molar-refractivity contribution in [1.82, 2.24) is 40.6 Å². The van der Waals surface area contributed by atoms with Gasteiger partial charge in [0.15, 0.2) is 11.6 Å². The number of unbranched alkanes of at least 4 members (excludes halogenated alkanes) is 3. The van der Waals surface area contributed by atoms with E-state index < -0.39 is 17.5 Å². The van der Waals surface area contributed by atoms with Crippen LogP contribution in [0.15, 0.2) is 91.3 Å². The number of carbonyl (C=O) groups is 5. The van der Waals surface area contributed by atoms with Crippen LogP contribution in [0, 0.1) is 0 Å². The van der Waals surface area contributed by atoms with E-state index >= 15 is 0 Å². The number of nitrogens with one attached hydrogen (secondary N) is 5. The van der Waals surface area contributed by atoms with Crippen molar-refractivity contribution in [1.29, 1.82) is 0 Å². The largest absolute Gasteiger partial charge is 0.494 e. The minimum Gasteiger partial charge on any atom is -0.494 e. The Bertz CT molecular complexity index is 2690. The maximum Gasteiger partial charge on any atom is 0.255 e. The highest BCUT2D eigenvalue weighted by Gasteiger charge is 2.41. The van der Waals surface area contributed by atoms with E-state index in [9.17, 15) is 24.0 Å². The molecule has 2 saturated heterocycles. The lowest BCUT2D eigenvalue weighted by atomic mass is 9.86. The van der Waals surface area contributed by atoms with E-state index in [-0.39, 0.29) is 55.5 Å². The Morgan fingerprint density at radius 3 is 2.31 bits per heavy atom. The van der Waals surface area contributed by atoms with Crippen molar-refractivity contribution in [3.63, 3.8) is 0 Å². The third-order valence-electron chi connectivity index (χ3n) is 13.7. The molecule has 74 heavy (non-hydrogen) atoms. The van der Waals surface area contributed by atoms with Gasteiger partial charge in [0.25, 0.3) is 11.8 Å². The average molecular weight is 1010 g/mol. The molecule has 392 valence electrons. The van der Waals surface area contributed by atoms with Crippen molar-refractivity contribution in [2.75, 3.05) is 77.0 Å². The van der Waals surface area contributed by atoms with Crippen LogP contribution >= 0.6 is 0 Å². The van der Waals surface area contributed by atoms with E-state index in [1.165, 1.54) is 4.90 Å². The van der Waals surface area contributed by atoms with Crippen LogP contribution in [0.4, 0.5) is 11.4 Å². The van der Waals surface area contributed by atoms with Crippen LogP contribution in [-0.4, -0.2) is 132 Å². The van der Waals surface area contributed by atoms with Crippen molar-refractivity contribution in [3.8, 4) is 17.1 Å². The zero-order chi connectivity index (χ0) is 51.7. The second-order valence-corrected chi connectivity index (χ2v) is 19.1. The Hall–Kier alpha value is -7.06. The number of pyridine rings is 1. The van der Waals surface area contributed by atoms with Crippen LogP contribution in [-0.2, 0) is 40.7 Å². The first-order valence-electron chi connectivity index (χ1n) is 25.8. The summed E-state index contributed by atoms with van der Waals surface area (Å²) in [5.74, 6) is 0.696. The number of imide groups is 1. The standard InChI is InChI=1S/C55H68N10O9/c1-38(57-51(68)41-12-7-13-42(35-41)61-55(22-26-64(2)27-23-55)54-60-50(62-63-54)39-20-24-56-25-21-39)40-11-8-14-43(36-40)74-30-6-4-3-5-28-71-31-33-73-34-32-72-29-10-17-48(66)58-46-16-9-15-44-45(46)37-65(53(44)70)47-18-19-49(67)59-52(47)69/h7-9,11-16,20-21,24-25,35-36,38,47,61H,3-6,10,17-19,22-23,26-34,37H2,1-2H3,(H,57,68)(H,58,66)(H,59,67,69)(H,60,62,63)/t38-,47?/m1/s1. The summed E-state index contributed by atoms with van der Waals surface area (Å²) in [5, 5.41) is 19.9. The van der Waals surface area contributed by atoms with Gasteiger partial charge in [-0.1, -0.05) is 30.7 Å². The number of likely N-dealkylation sites (tertiary alicyclic amines) is 1. The quantitative estimate of drug-likeness (QED) is 0.0277. The number of benzene rings is 3. The molecule has 19 heteroatoms. The molecule has 2 fully saturated rings. The van der Waals surface area contributed by atoms with Gasteiger partial charge in [-0.25, -0.2) is 4.98 Å². The molecular weight excluding hydrogens is 945 g/mol. The van der Waals surface area contributed by atoms with Gasteiger partial charge in [0.2, 0.25) is 17.7 Å². The fourth-order valence-corrected chi connectivity index (χ4v) is 9.42. The predicted molar refractivity (Wildman–Crippen MR) is 277 cm³/mol. The van der Waals surface area contributed by atoms with Crippen molar-refractivity contribution in [2.45, 2.75) is 95.3 Å². The van der Waals surface area contributed by atoms with E-state index in [2.05, 4.69) is 48.4 Å². The lowest BCUT2D eigenvalue weighted by Gasteiger charge is -2.40.